The molecule has 2 heterocycles. The molecule has 2 aromatic heterocycles. The number of aryl methyl sites for hydroxylation is 2. The summed E-state index contributed by atoms with van der Waals surface area (Å²) in [5, 5.41) is 11.6. The van der Waals surface area contributed by atoms with Crippen LogP contribution in [0.25, 0.3) is 22.6 Å². The van der Waals surface area contributed by atoms with Crippen molar-refractivity contribution in [1.82, 2.24) is 20.4 Å². The van der Waals surface area contributed by atoms with E-state index in [0.29, 0.717) is 12.3 Å². The van der Waals surface area contributed by atoms with Crippen molar-refractivity contribution in [2.75, 3.05) is 26.2 Å². The molecule has 3 rings (SSSR count). The van der Waals surface area contributed by atoms with Crippen molar-refractivity contribution in [3.63, 3.8) is 0 Å². The fourth-order valence-electron chi connectivity index (χ4n) is 2.89. The Bertz CT molecular complexity index is 909. The highest BCUT2D eigenvalue weighted by molar-refractivity contribution is 5.90. The maximum absolute atomic E-state index is 12.2. The molecule has 1 aromatic carbocycles. The van der Waals surface area contributed by atoms with E-state index in [9.17, 15) is 4.79 Å². The van der Waals surface area contributed by atoms with E-state index in [0.717, 1.165) is 41.7 Å². The fraction of sp³-hybridized carbons (Fsp3) is 0.421. The minimum absolute atomic E-state index is 0.0596. The van der Waals surface area contributed by atoms with Gasteiger partial charge >= 0.3 is 11.8 Å². The van der Waals surface area contributed by atoms with Crippen LogP contribution in [0, 0.1) is 13.8 Å². The Morgan fingerprint density at radius 1 is 1.15 bits per heavy atom. The van der Waals surface area contributed by atoms with Gasteiger partial charge in [-0.3, -0.25) is 4.79 Å². The highest BCUT2D eigenvalue weighted by Gasteiger charge is 2.21. The van der Waals surface area contributed by atoms with E-state index in [-0.39, 0.29) is 17.7 Å². The number of carbonyl (C=O) groups excluding carboxylic acids is 1. The Morgan fingerprint density at radius 3 is 2.65 bits per heavy atom. The largest absolute Gasteiger partial charge is 0.451 e. The maximum Gasteiger partial charge on any atom is 0.308 e. The van der Waals surface area contributed by atoms with Gasteiger partial charge in [0.25, 0.3) is 5.89 Å². The third-order valence-corrected chi connectivity index (χ3v) is 4.51. The number of nitrogens with one attached hydrogen (secondary N) is 1. The molecule has 26 heavy (non-hydrogen) atoms. The summed E-state index contributed by atoms with van der Waals surface area (Å²) in [7, 11) is 0. The minimum atomic E-state index is -0.375. The highest BCUT2D eigenvalue weighted by atomic mass is 16.4. The summed E-state index contributed by atoms with van der Waals surface area (Å²) >= 11 is 0. The molecule has 7 heteroatoms. The van der Waals surface area contributed by atoms with E-state index in [2.05, 4.69) is 40.3 Å². The average Bonchev–Trinajstić information content (AvgIpc) is 3.24. The van der Waals surface area contributed by atoms with Gasteiger partial charge in [-0.2, -0.15) is 0 Å². The number of likely N-dealkylation sites (N-methyl/N-ethyl adjacent to an activating group) is 1. The molecule has 0 radical (unpaired) electrons. The van der Waals surface area contributed by atoms with Crippen LogP contribution in [-0.4, -0.2) is 47.2 Å². The monoisotopic (exact) mass is 356 g/mol. The van der Waals surface area contributed by atoms with E-state index in [4.69, 9.17) is 8.83 Å². The van der Waals surface area contributed by atoms with Crippen molar-refractivity contribution in [2.24, 2.45) is 0 Å². The second-order valence-corrected chi connectivity index (χ2v) is 6.25. The van der Waals surface area contributed by atoms with Crippen LogP contribution in [0.1, 0.15) is 35.7 Å². The smallest absolute Gasteiger partial charge is 0.308 e. The molecule has 0 aliphatic rings. The SMILES string of the molecule is CCN(CC)CCNC(=O)c1nnc(-c2oc3ccc(C)cc3c2C)o1. The molecule has 0 atom stereocenters. The Kier molecular flexibility index (Phi) is 5.37. The van der Waals surface area contributed by atoms with Gasteiger partial charge in [0.05, 0.1) is 0 Å². The molecule has 0 aliphatic carbocycles. The molecule has 0 saturated carbocycles. The van der Waals surface area contributed by atoms with E-state index in [1.54, 1.807) is 0 Å². The van der Waals surface area contributed by atoms with Crippen LogP contribution in [0.15, 0.2) is 27.0 Å². The van der Waals surface area contributed by atoms with Crippen molar-refractivity contribution in [2.45, 2.75) is 27.7 Å². The summed E-state index contributed by atoms with van der Waals surface area (Å²) in [5.41, 5.74) is 2.82. The second kappa shape index (κ2) is 7.70. The van der Waals surface area contributed by atoms with Crippen LogP contribution in [0.3, 0.4) is 0 Å². The van der Waals surface area contributed by atoms with Gasteiger partial charge in [-0.15, -0.1) is 10.2 Å². The zero-order chi connectivity index (χ0) is 18.7. The number of hydrogen-bond acceptors (Lipinski definition) is 6. The zero-order valence-electron chi connectivity index (χ0n) is 15.6. The number of rotatable bonds is 7. The standard InChI is InChI=1S/C19H24N4O3/c1-5-23(6-2)10-9-20-17(24)19-22-21-18(26-19)16-13(4)14-11-12(3)7-8-15(14)25-16/h7-8,11H,5-6,9-10H2,1-4H3,(H,20,24). The fourth-order valence-corrected chi connectivity index (χ4v) is 2.89. The molecule has 0 bridgehead atoms. The van der Waals surface area contributed by atoms with Gasteiger partial charge < -0.3 is 19.1 Å². The molecular formula is C19H24N4O3. The first-order valence-electron chi connectivity index (χ1n) is 8.87. The molecule has 0 spiro atoms. The maximum atomic E-state index is 12.2. The number of aromatic nitrogens is 2. The highest BCUT2D eigenvalue weighted by Crippen LogP contribution is 2.32. The lowest BCUT2D eigenvalue weighted by Gasteiger charge is -2.17. The Hall–Kier alpha value is -2.67. The predicted octanol–water partition coefficient (Wildman–Crippen LogP) is 3.17. The summed E-state index contributed by atoms with van der Waals surface area (Å²) in [6.07, 6.45) is 0. The molecule has 0 aliphatic heterocycles. The van der Waals surface area contributed by atoms with Crippen molar-refractivity contribution in [1.29, 1.82) is 0 Å². The van der Waals surface area contributed by atoms with Gasteiger partial charge in [-0.25, -0.2) is 0 Å². The van der Waals surface area contributed by atoms with Gasteiger partial charge in [-0.1, -0.05) is 25.5 Å². The predicted molar refractivity (Wildman–Crippen MR) is 99.1 cm³/mol. The first-order valence-corrected chi connectivity index (χ1v) is 8.87. The van der Waals surface area contributed by atoms with Gasteiger partial charge in [0.15, 0.2) is 5.76 Å². The van der Waals surface area contributed by atoms with Crippen molar-refractivity contribution in [3.05, 3.63) is 35.2 Å². The molecule has 138 valence electrons. The van der Waals surface area contributed by atoms with Crippen LogP contribution in [-0.2, 0) is 0 Å². The Balaban J connectivity index is 1.73. The molecule has 3 aromatic rings. The second-order valence-electron chi connectivity index (χ2n) is 6.25. The molecule has 0 saturated heterocycles. The number of furan rings is 1. The van der Waals surface area contributed by atoms with Crippen molar-refractivity contribution < 1.29 is 13.6 Å². The van der Waals surface area contributed by atoms with Gasteiger partial charge in [0.1, 0.15) is 5.58 Å². The van der Waals surface area contributed by atoms with Crippen LogP contribution in [0.5, 0.6) is 0 Å². The first kappa shape index (κ1) is 18.1. The number of nitrogens with zero attached hydrogens (tertiary/aromatic N) is 3. The lowest BCUT2D eigenvalue weighted by atomic mass is 10.1. The lowest BCUT2D eigenvalue weighted by molar-refractivity contribution is 0.0914. The number of amides is 1. The molecule has 7 nitrogen and oxygen atoms in total. The first-order chi connectivity index (χ1) is 12.5. The van der Waals surface area contributed by atoms with Gasteiger partial charge in [0.2, 0.25) is 0 Å². The van der Waals surface area contributed by atoms with Crippen LogP contribution in [0.2, 0.25) is 0 Å². The zero-order valence-corrected chi connectivity index (χ0v) is 15.6. The normalized spacial score (nSPS) is 11.4. The number of carbonyl (C=O) groups is 1. The van der Waals surface area contributed by atoms with Crippen LogP contribution < -0.4 is 5.32 Å². The summed E-state index contributed by atoms with van der Waals surface area (Å²) in [6.45, 7) is 11.3. The van der Waals surface area contributed by atoms with Crippen molar-refractivity contribution >= 4 is 16.9 Å². The minimum Gasteiger partial charge on any atom is -0.451 e. The average molecular weight is 356 g/mol. The molecule has 0 unspecified atom stereocenters. The number of fused-ring (bicyclic) bond motifs is 1. The summed E-state index contributed by atoms with van der Waals surface area (Å²) < 4.78 is 11.4. The van der Waals surface area contributed by atoms with E-state index >= 15 is 0 Å². The summed E-state index contributed by atoms with van der Waals surface area (Å²) in [5.74, 6) is 0.279. The Morgan fingerprint density at radius 2 is 1.92 bits per heavy atom. The molecule has 0 fully saturated rings. The van der Waals surface area contributed by atoms with E-state index in [1.807, 2.05) is 26.0 Å². The number of hydrogen-bond donors (Lipinski definition) is 1. The van der Waals surface area contributed by atoms with E-state index < -0.39 is 0 Å². The van der Waals surface area contributed by atoms with Gasteiger partial charge in [-0.05, 0) is 39.1 Å². The topological polar surface area (TPSA) is 84.4 Å². The molecule has 1 N–H and O–H groups in total. The molecular weight excluding hydrogens is 332 g/mol. The number of benzene rings is 1. The molecule has 1 amide bonds. The summed E-state index contributed by atoms with van der Waals surface area (Å²) in [4.78, 5) is 14.4. The summed E-state index contributed by atoms with van der Waals surface area (Å²) in [6, 6.07) is 5.95. The third-order valence-electron chi connectivity index (χ3n) is 4.51. The third kappa shape index (κ3) is 3.62. The van der Waals surface area contributed by atoms with Crippen LogP contribution in [0.4, 0.5) is 0 Å². The Labute approximate surface area is 152 Å². The quantitative estimate of drug-likeness (QED) is 0.700. The van der Waals surface area contributed by atoms with E-state index in [1.165, 1.54) is 0 Å². The lowest BCUT2D eigenvalue weighted by Crippen LogP contribution is -2.34. The van der Waals surface area contributed by atoms with Gasteiger partial charge in [0, 0.05) is 24.0 Å². The van der Waals surface area contributed by atoms with Crippen LogP contribution >= 0.6 is 0 Å². The van der Waals surface area contributed by atoms with Crippen molar-refractivity contribution in [3.8, 4) is 11.7 Å².